The molecule has 0 saturated carbocycles. The minimum Gasteiger partial charge on any atom is -0.680 e. The Morgan fingerprint density at radius 2 is 1.42 bits per heavy atom. The summed E-state index contributed by atoms with van der Waals surface area (Å²) in [7, 11) is 1.25. The van der Waals surface area contributed by atoms with Crippen LogP contribution in [-0.4, -0.2) is 7.05 Å². The van der Waals surface area contributed by atoms with Gasteiger partial charge in [0.15, 0.2) is 0 Å². The van der Waals surface area contributed by atoms with Gasteiger partial charge in [-0.05, 0) is 0 Å². The summed E-state index contributed by atoms with van der Waals surface area (Å²) in [4.78, 5) is 0. The molecule has 0 atom stereocenters. The van der Waals surface area contributed by atoms with Crippen LogP contribution in [-0.2, 0) is 21.1 Å². The van der Waals surface area contributed by atoms with Crippen LogP contribution in [0, 0.1) is 13.0 Å². The molecule has 1 rings (SSSR count). The van der Waals surface area contributed by atoms with Crippen LogP contribution < -0.4 is 0 Å². The summed E-state index contributed by atoms with van der Waals surface area (Å²) in [5.74, 6) is 0. The molecule has 1 N–H and O–H groups in total. The van der Waals surface area contributed by atoms with E-state index >= 15 is 0 Å². The molecule has 0 radical (unpaired) electrons. The van der Waals surface area contributed by atoms with Crippen molar-refractivity contribution in [1.29, 1.82) is 0 Å². The Balaban J connectivity index is -0.000000144. The summed E-state index contributed by atoms with van der Waals surface area (Å²) in [5, 5.41) is 0. The van der Waals surface area contributed by atoms with Gasteiger partial charge >= 0.3 is 21.1 Å². The molecule has 1 nitrogen and oxygen atoms in total. The third kappa shape index (κ3) is 12.5. The van der Waals surface area contributed by atoms with Crippen molar-refractivity contribution in [3.8, 4) is 0 Å². The van der Waals surface area contributed by atoms with Crippen molar-refractivity contribution in [3.63, 3.8) is 0 Å². The van der Waals surface area contributed by atoms with Crippen LogP contribution in [0.15, 0.2) is 24.3 Å². The summed E-state index contributed by atoms with van der Waals surface area (Å²) in [6.07, 6.45) is 0. The Hall–Kier alpha value is -0.132. The number of rotatable bonds is 0. The van der Waals surface area contributed by atoms with Gasteiger partial charge in [-0.2, -0.15) is 42.9 Å². The maximum absolute atomic E-state index is 5.75. The van der Waals surface area contributed by atoms with E-state index in [0.29, 0.717) is 0 Å². The third-order valence-electron chi connectivity index (χ3n) is 0.885. The maximum atomic E-state index is 5.75. The molecule has 12 heavy (non-hydrogen) atoms. The Morgan fingerprint density at radius 1 is 1.08 bits per heavy atom. The van der Waals surface area contributed by atoms with E-state index in [0.717, 1.165) is 0 Å². The van der Waals surface area contributed by atoms with Crippen LogP contribution in [0.3, 0.4) is 0 Å². The van der Waals surface area contributed by atoms with Gasteiger partial charge in [-0.15, -0.1) is 0 Å². The van der Waals surface area contributed by atoms with Gasteiger partial charge in [0.1, 0.15) is 0 Å². The predicted octanol–water partition coefficient (Wildman–Crippen LogP) is 3.49. The molecular weight excluding hydrogens is 318 g/mol. The van der Waals surface area contributed by atoms with Gasteiger partial charge in [-0.25, -0.2) is 0 Å². The molecule has 0 spiro atoms. The van der Waals surface area contributed by atoms with E-state index in [-0.39, 0.29) is 21.1 Å². The van der Waals surface area contributed by atoms with Gasteiger partial charge in [0, 0.05) is 0 Å². The summed E-state index contributed by atoms with van der Waals surface area (Å²) >= 11 is 0. The van der Waals surface area contributed by atoms with Crippen molar-refractivity contribution in [2.45, 2.75) is 20.8 Å². The zero-order valence-corrected chi connectivity index (χ0v) is 11.2. The average Bonchev–Trinajstić information content (AvgIpc) is 2.13. The number of hydrogen-bond donors (Lipinski definition) is 0. The Bertz CT molecular complexity index is 140. The standard InChI is InChI=1S/C7H7.C2H6.CH4N.W/c1-7-5-3-2-4-6-7;2*1-2;/h3-6H,1H3;1-2H3;2H,1H3;/q-1;;-1;+2. The van der Waals surface area contributed by atoms with Crippen molar-refractivity contribution in [1.82, 2.24) is 0 Å². The van der Waals surface area contributed by atoms with E-state index in [9.17, 15) is 0 Å². The van der Waals surface area contributed by atoms with E-state index in [1.54, 1.807) is 0 Å². The van der Waals surface area contributed by atoms with Crippen LogP contribution in [0.4, 0.5) is 0 Å². The van der Waals surface area contributed by atoms with E-state index in [1.807, 2.05) is 38.1 Å². The quantitative estimate of drug-likeness (QED) is 0.648. The van der Waals surface area contributed by atoms with Gasteiger partial charge in [0.2, 0.25) is 0 Å². The summed E-state index contributed by atoms with van der Waals surface area (Å²) < 4.78 is 0. The fourth-order valence-corrected chi connectivity index (χ4v) is 0.470. The van der Waals surface area contributed by atoms with Gasteiger partial charge in [-0.1, -0.05) is 20.8 Å². The molecule has 1 aromatic carbocycles. The molecule has 0 aromatic heterocycles. The summed E-state index contributed by atoms with van der Waals surface area (Å²) in [6.45, 7) is 6.06. The number of aryl methyl sites for hydroxylation is 1. The molecule has 1 aromatic rings. The largest absolute Gasteiger partial charge is 2.00 e. The first-order valence-electron chi connectivity index (χ1n) is 3.82. The van der Waals surface area contributed by atoms with E-state index in [2.05, 4.69) is 13.0 Å². The zero-order valence-electron chi connectivity index (χ0n) is 8.22. The van der Waals surface area contributed by atoms with Crippen molar-refractivity contribution in [2.24, 2.45) is 0 Å². The molecule has 0 heterocycles. The fraction of sp³-hybridized carbons (Fsp3) is 0.400. The van der Waals surface area contributed by atoms with Crippen LogP contribution in [0.5, 0.6) is 0 Å². The second-order valence-electron chi connectivity index (χ2n) is 1.58. The van der Waals surface area contributed by atoms with Gasteiger partial charge in [-0.3, -0.25) is 0 Å². The Kier molecular flexibility index (Phi) is 25.4. The van der Waals surface area contributed by atoms with Crippen molar-refractivity contribution >= 4 is 0 Å². The number of nitrogens with one attached hydrogen (secondary N) is 1. The van der Waals surface area contributed by atoms with Crippen LogP contribution in [0.25, 0.3) is 5.73 Å². The molecule has 0 aliphatic rings. The van der Waals surface area contributed by atoms with Crippen molar-refractivity contribution in [3.05, 3.63) is 41.6 Å². The third-order valence-corrected chi connectivity index (χ3v) is 0.885. The van der Waals surface area contributed by atoms with E-state index in [4.69, 9.17) is 5.73 Å². The molecule has 0 bridgehead atoms. The molecule has 0 aliphatic carbocycles. The number of hydrogen-bond acceptors (Lipinski definition) is 0. The second kappa shape index (κ2) is 17.1. The SMILES string of the molecule is CC.C[NH-].Cc1cc[c-]cc1.[W+2]. The number of benzene rings is 1. The molecule has 68 valence electrons. The normalized spacial score (nSPS) is 6.08. The molecular formula is C10H17NW. The first-order valence-corrected chi connectivity index (χ1v) is 3.82. The van der Waals surface area contributed by atoms with E-state index in [1.165, 1.54) is 12.6 Å². The van der Waals surface area contributed by atoms with Crippen molar-refractivity contribution in [2.75, 3.05) is 7.05 Å². The first kappa shape index (κ1) is 17.8. The zero-order chi connectivity index (χ0) is 9.11. The van der Waals surface area contributed by atoms with Crippen LogP contribution in [0.2, 0.25) is 0 Å². The smallest absolute Gasteiger partial charge is 0.680 e. The summed E-state index contributed by atoms with van der Waals surface area (Å²) in [6, 6.07) is 10.8. The van der Waals surface area contributed by atoms with E-state index < -0.39 is 0 Å². The molecule has 0 unspecified atom stereocenters. The van der Waals surface area contributed by atoms with Gasteiger partial charge < -0.3 is 5.73 Å². The minimum absolute atomic E-state index is 0. The van der Waals surface area contributed by atoms with Crippen LogP contribution in [0.1, 0.15) is 19.4 Å². The minimum atomic E-state index is 0. The molecule has 2 heteroatoms. The predicted molar refractivity (Wildman–Crippen MR) is 51.6 cm³/mol. The average molecular weight is 335 g/mol. The summed E-state index contributed by atoms with van der Waals surface area (Å²) in [5.41, 5.74) is 7.04. The second-order valence-corrected chi connectivity index (χ2v) is 1.58. The fourth-order valence-electron chi connectivity index (χ4n) is 0.470. The van der Waals surface area contributed by atoms with Gasteiger partial charge in [0.05, 0.1) is 0 Å². The van der Waals surface area contributed by atoms with Crippen LogP contribution >= 0.6 is 0 Å². The Morgan fingerprint density at radius 3 is 1.58 bits per heavy atom. The molecule has 0 amide bonds. The monoisotopic (exact) mass is 335 g/mol. The van der Waals surface area contributed by atoms with Gasteiger partial charge in [0.25, 0.3) is 0 Å². The maximum Gasteiger partial charge on any atom is 2.00 e. The first-order chi connectivity index (χ1) is 5.39. The molecule has 0 saturated heterocycles. The topological polar surface area (TPSA) is 23.8 Å². The Labute approximate surface area is 90.6 Å². The van der Waals surface area contributed by atoms with Crippen molar-refractivity contribution < 1.29 is 21.1 Å². The molecule has 0 fully saturated rings. The molecule has 0 aliphatic heterocycles.